The van der Waals surface area contributed by atoms with Gasteiger partial charge in [0.25, 0.3) is 0 Å². The minimum Gasteiger partial charge on any atom is -0.508 e. The molecule has 0 amide bonds. The zero-order valence-electron chi connectivity index (χ0n) is 9.67. The molecule has 0 aliphatic heterocycles. The highest BCUT2D eigenvalue weighted by Crippen LogP contribution is 2.02. The number of benzene rings is 1. The van der Waals surface area contributed by atoms with E-state index in [1.54, 1.807) is 39.5 Å². The summed E-state index contributed by atoms with van der Waals surface area (Å²) in [6.07, 6.45) is 4.68. The van der Waals surface area contributed by atoms with Crippen molar-refractivity contribution in [2.24, 2.45) is 0 Å². The molecule has 0 aliphatic rings. The smallest absolute Gasteiger partial charge is 0.327 e. The van der Waals surface area contributed by atoms with E-state index in [1.807, 2.05) is 13.0 Å². The number of rotatable bonds is 3. The van der Waals surface area contributed by atoms with Crippen molar-refractivity contribution in [1.29, 1.82) is 0 Å². The van der Waals surface area contributed by atoms with Gasteiger partial charge in [-0.05, 0) is 18.6 Å². The first-order chi connectivity index (χ1) is 8.16. The van der Waals surface area contributed by atoms with Gasteiger partial charge in [0, 0.05) is 6.08 Å². The zero-order valence-corrected chi connectivity index (χ0v) is 10.7. The van der Waals surface area contributed by atoms with Crippen LogP contribution in [0.3, 0.4) is 0 Å². The van der Waals surface area contributed by atoms with Crippen molar-refractivity contribution in [1.82, 2.24) is 0 Å². The molecule has 5 heteroatoms. The Morgan fingerprint density at radius 3 is 2.12 bits per heavy atom. The number of carboxylic acid groups (broad SMARTS) is 1. The molecule has 0 aromatic heterocycles. The summed E-state index contributed by atoms with van der Waals surface area (Å²) in [4.78, 5) is 9.79. The van der Waals surface area contributed by atoms with Crippen LogP contribution in [-0.2, 0) is 9.36 Å². The molecule has 94 valence electrons. The molecule has 1 aromatic carbocycles. The maximum Gasteiger partial charge on any atom is 0.327 e. The van der Waals surface area contributed by atoms with Gasteiger partial charge >= 0.3 is 5.97 Å². The molecule has 2 N–H and O–H groups in total. The number of allylic oxidation sites excluding steroid dienone is 1. The summed E-state index contributed by atoms with van der Waals surface area (Å²) in [7, 11) is 1.72. The van der Waals surface area contributed by atoms with Crippen LogP contribution in [0.1, 0.15) is 19.8 Å². The van der Waals surface area contributed by atoms with Crippen LogP contribution in [0.25, 0.3) is 0 Å². The number of aliphatic carboxylic acids is 1. The predicted octanol–water partition coefficient (Wildman–Crippen LogP) is 3.29. The second-order valence-corrected chi connectivity index (χ2v) is 2.86. The van der Waals surface area contributed by atoms with Crippen molar-refractivity contribution >= 4 is 15.1 Å². The van der Waals surface area contributed by atoms with E-state index in [0.717, 1.165) is 12.8 Å². The third kappa shape index (κ3) is 17.0. The van der Waals surface area contributed by atoms with E-state index in [2.05, 4.69) is 0 Å². The molecule has 0 atom stereocenters. The third-order valence-corrected chi connectivity index (χ3v) is 1.47. The molecule has 17 heavy (non-hydrogen) atoms. The van der Waals surface area contributed by atoms with Gasteiger partial charge in [-0.2, -0.15) is 0 Å². The minimum absolute atomic E-state index is 0.322. The van der Waals surface area contributed by atoms with Gasteiger partial charge in [0.05, 0.1) is 0 Å². The quantitative estimate of drug-likeness (QED) is 0.642. The van der Waals surface area contributed by atoms with Crippen molar-refractivity contribution in [3.05, 3.63) is 42.5 Å². The molecule has 1 aromatic rings. The van der Waals surface area contributed by atoms with Crippen LogP contribution in [0.2, 0.25) is 0 Å². The highest BCUT2D eigenvalue weighted by molar-refractivity contribution is 7.00. The molecule has 0 unspecified atom stereocenters. The summed E-state index contributed by atoms with van der Waals surface area (Å²) in [6, 6.07) is 8.71. The average Bonchev–Trinajstić information content (AvgIpc) is 2.33. The van der Waals surface area contributed by atoms with E-state index < -0.39 is 5.97 Å². The Morgan fingerprint density at radius 2 is 1.82 bits per heavy atom. The number of para-hydroxylation sites is 1. The van der Waals surface area contributed by atoms with Gasteiger partial charge in [-0.15, -0.1) is 0 Å². The van der Waals surface area contributed by atoms with Crippen molar-refractivity contribution in [2.45, 2.75) is 19.8 Å². The number of phenols is 1. The fourth-order valence-corrected chi connectivity index (χ4v) is 0.779. The summed E-state index contributed by atoms with van der Waals surface area (Å²) in [6.45, 7) is 2.01. The van der Waals surface area contributed by atoms with Gasteiger partial charge in [-0.1, -0.05) is 37.6 Å². The van der Waals surface area contributed by atoms with Gasteiger partial charge in [0.2, 0.25) is 0 Å². The van der Waals surface area contributed by atoms with E-state index in [-0.39, 0.29) is 0 Å². The van der Waals surface area contributed by atoms with E-state index >= 15 is 0 Å². The highest BCUT2D eigenvalue weighted by Gasteiger charge is 1.81. The van der Waals surface area contributed by atoms with Crippen LogP contribution < -0.4 is 0 Å². The summed E-state index contributed by atoms with van der Waals surface area (Å²) < 4.78 is 8.06. The second-order valence-electron chi connectivity index (χ2n) is 2.86. The Labute approximate surface area is 103 Å². The summed E-state index contributed by atoms with van der Waals surface area (Å²) >= 11 is 0. The normalized spacial score (nSPS) is 8.53. The largest absolute Gasteiger partial charge is 0.508 e. The van der Waals surface area contributed by atoms with Crippen LogP contribution >= 0.6 is 9.12 Å². The molecule has 0 radical (unpaired) electrons. The lowest BCUT2D eigenvalue weighted by molar-refractivity contribution is -0.131. The fraction of sp³-hybridized carbons (Fsp3) is 0.250. The van der Waals surface area contributed by atoms with Gasteiger partial charge in [0.1, 0.15) is 14.9 Å². The van der Waals surface area contributed by atoms with Gasteiger partial charge < -0.3 is 10.2 Å². The average molecular weight is 256 g/mol. The molecule has 0 saturated heterocycles. The topological polar surface area (TPSA) is 74.6 Å². The predicted molar refractivity (Wildman–Crippen MR) is 68.8 cm³/mol. The van der Waals surface area contributed by atoms with Crippen LogP contribution in [0, 0.1) is 0 Å². The number of aromatic hydroxyl groups is 1. The van der Waals surface area contributed by atoms with Gasteiger partial charge in [0.15, 0.2) is 0 Å². The Morgan fingerprint density at radius 1 is 1.29 bits per heavy atom. The molecular weight excluding hydrogens is 239 g/mol. The minimum atomic E-state index is -0.863. The summed E-state index contributed by atoms with van der Waals surface area (Å²) in [5, 5.41) is 16.7. The van der Waals surface area contributed by atoms with Crippen molar-refractivity contribution < 1.29 is 19.6 Å². The molecular formula is C12H17O4P. The molecule has 0 bridgehead atoms. The van der Waals surface area contributed by atoms with Crippen molar-refractivity contribution in [2.75, 3.05) is 0 Å². The Balaban J connectivity index is 0. The maximum absolute atomic E-state index is 9.79. The second kappa shape index (κ2) is 14.3. The van der Waals surface area contributed by atoms with E-state index in [1.165, 1.54) is 6.08 Å². The molecule has 4 nitrogen and oxygen atoms in total. The number of unbranched alkanes of at least 4 members (excludes halogenated alkanes) is 1. The lowest BCUT2D eigenvalue weighted by atomic mass is 10.3. The summed E-state index contributed by atoms with van der Waals surface area (Å²) in [5.41, 5.74) is 0. The Bertz CT molecular complexity index is 312. The van der Waals surface area contributed by atoms with E-state index in [9.17, 15) is 4.79 Å². The van der Waals surface area contributed by atoms with Crippen LogP contribution in [0.15, 0.2) is 42.5 Å². The number of phenolic OH excluding ortho intramolecular Hbond substituents is 1. The third-order valence-electron chi connectivity index (χ3n) is 1.47. The molecule has 0 saturated carbocycles. The molecule has 0 aliphatic carbocycles. The first-order valence-electron chi connectivity index (χ1n) is 5.00. The van der Waals surface area contributed by atoms with Crippen LogP contribution in [0.5, 0.6) is 5.75 Å². The first kappa shape index (κ1) is 17.7. The number of hydrogen-bond acceptors (Lipinski definition) is 3. The lowest BCUT2D eigenvalue weighted by Gasteiger charge is -1.82. The maximum atomic E-state index is 9.79. The Kier molecular flexibility index (Phi) is 14.9. The Hall–Kier alpha value is -1.67. The molecule has 0 heterocycles. The number of carbonyl (C=O) groups is 1. The molecule has 0 fully saturated rings. The monoisotopic (exact) mass is 256 g/mol. The van der Waals surface area contributed by atoms with E-state index in [4.69, 9.17) is 14.8 Å². The standard InChI is InChI=1S/C6H10O2.C6H6O.HOP/c1-2-3-4-5-6(7)8;7-6-4-2-1-3-5-6;1-2/h4-5H,2-3H2,1H3,(H,7,8);1-5,7H;2H. The number of carboxylic acids is 1. The molecule has 1 rings (SSSR count). The zero-order chi connectivity index (χ0) is 13.5. The van der Waals surface area contributed by atoms with Crippen LogP contribution in [-0.4, -0.2) is 16.2 Å². The fourth-order valence-electron chi connectivity index (χ4n) is 0.779. The van der Waals surface area contributed by atoms with Gasteiger partial charge in [-0.3, -0.25) is 4.57 Å². The SMILES string of the molecule is CCCC=CC(=O)O.O=P.Oc1ccccc1. The highest BCUT2D eigenvalue weighted by atomic mass is 31.0. The number of hydrogen-bond donors (Lipinski definition) is 2. The van der Waals surface area contributed by atoms with E-state index in [0.29, 0.717) is 5.75 Å². The van der Waals surface area contributed by atoms with Crippen molar-refractivity contribution in [3.8, 4) is 5.75 Å². The van der Waals surface area contributed by atoms with Crippen LogP contribution in [0.4, 0.5) is 0 Å². The molecule has 0 spiro atoms. The lowest BCUT2D eigenvalue weighted by Crippen LogP contribution is -1.84. The summed E-state index contributed by atoms with van der Waals surface area (Å²) in [5.74, 6) is -0.541. The van der Waals surface area contributed by atoms with Gasteiger partial charge in [-0.25, -0.2) is 4.79 Å². The first-order valence-corrected chi connectivity index (χ1v) is 5.41. The van der Waals surface area contributed by atoms with Crippen molar-refractivity contribution in [3.63, 3.8) is 0 Å².